The van der Waals surface area contributed by atoms with Gasteiger partial charge in [-0.2, -0.15) is 0 Å². The molecule has 2 aliphatic rings. The van der Waals surface area contributed by atoms with Crippen LogP contribution in [0.1, 0.15) is 47.7 Å². The number of benzene rings is 2. The average Bonchev–Trinajstić information content (AvgIpc) is 2.79. The molecule has 0 unspecified atom stereocenters. The van der Waals surface area contributed by atoms with Crippen LogP contribution in [-0.4, -0.2) is 40.7 Å². The van der Waals surface area contributed by atoms with Gasteiger partial charge < -0.3 is 19.2 Å². The molecule has 1 spiro atoms. The molecule has 2 saturated heterocycles. The summed E-state index contributed by atoms with van der Waals surface area (Å²) in [7, 11) is 0. The number of para-hydroxylation sites is 1. The van der Waals surface area contributed by atoms with Crippen molar-refractivity contribution in [1.82, 2.24) is 4.90 Å². The predicted octanol–water partition coefficient (Wildman–Crippen LogP) is 3.68. The van der Waals surface area contributed by atoms with E-state index < -0.39 is 17.3 Å². The summed E-state index contributed by atoms with van der Waals surface area (Å²) in [6.45, 7) is 0.943. The smallest absolute Gasteiger partial charge is 0.349 e. The van der Waals surface area contributed by atoms with E-state index in [1.807, 2.05) is 42.5 Å². The quantitative estimate of drug-likeness (QED) is 0.641. The SMILES string of the molecule is O=C(c1cc2ccccc2oc1=O)N1CCC2(CC1)C[C@H](O)C[C@H](c1ccccc1)O2. The number of fused-ring (bicyclic) bond motifs is 1. The van der Waals surface area contributed by atoms with Crippen LogP contribution in [0.2, 0.25) is 0 Å². The molecule has 0 bridgehead atoms. The summed E-state index contributed by atoms with van der Waals surface area (Å²) in [6, 6.07) is 18.7. The van der Waals surface area contributed by atoms with E-state index in [9.17, 15) is 14.7 Å². The summed E-state index contributed by atoms with van der Waals surface area (Å²) >= 11 is 0. The average molecular weight is 419 g/mol. The molecule has 2 fully saturated rings. The number of aliphatic hydroxyl groups excluding tert-OH is 1. The third-order valence-corrected chi connectivity index (χ3v) is 6.49. The zero-order valence-electron chi connectivity index (χ0n) is 17.2. The van der Waals surface area contributed by atoms with Crippen molar-refractivity contribution in [3.05, 3.63) is 82.2 Å². The topological polar surface area (TPSA) is 80.0 Å². The third kappa shape index (κ3) is 3.89. The second-order valence-corrected chi connectivity index (χ2v) is 8.57. The Kier molecular flexibility index (Phi) is 5.12. The molecule has 160 valence electrons. The minimum atomic E-state index is -0.613. The highest BCUT2D eigenvalue weighted by Gasteiger charge is 2.44. The van der Waals surface area contributed by atoms with Crippen LogP contribution >= 0.6 is 0 Å². The van der Waals surface area contributed by atoms with Crippen molar-refractivity contribution in [1.29, 1.82) is 0 Å². The van der Waals surface area contributed by atoms with Gasteiger partial charge in [-0.3, -0.25) is 4.79 Å². The van der Waals surface area contributed by atoms with Crippen LogP contribution in [0, 0.1) is 0 Å². The minimum Gasteiger partial charge on any atom is -0.422 e. The van der Waals surface area contributed by atoms with Gasteiger partial charge in [-0.05, 0) is 30.5 Å². The van der Waals surface area contributed by atoms with Crippen LogP contribution in [0.5, 0.6) is 0 Å². The number of ether oxygens (including phenoxy) is 1. The predicted molar refractivity (Wildman–Crippen MR) is 116 cm³/mol. The van der Waals surface area contributed by atoms with Crippen LogP contribution in [0.4, 0.5) is 0 Å². The Bertz CT molecular complexity index is 1150. The molecule has 3 aromatic rings. The van der Waals surface area contributed by atoms with Crippen LogP contribution < -0.4 is 5.63 Å². The number of carbonyl (C=O) groups is 1. The Labute approximate surface area is 180 Å². The molecule has 2 aliphatic heterocycles. The molecule has 6 nitrogen and oxygen atoms in total. The molecule has 2 atom stereocenters. The first-order chi connectivity index (χ1) is 15.0. The molecular formula is C25H25NO5. The first-order valence-corrected chi connectivity index (χ1v) is 10.8. The lowest BCUT2D eigenvalue weighted by atomic mass is 9.81. The zero-order chi connectivity index (χ0) is 21.4. The van der Waals surface area contributed by atoms with Gasteiger partial charge in [0.1, 0.15) is 11.1 Å². The Balaban J connectivity index is 1.32. The lowest BCUT2D eigenvalue weighted by molar-refractivity contribution is -0.181. The highest BCUT2D eigenvalue weighted by Crippen LogP contribution is 2.43. The first kappa shape index (κ1) is 20.0. The highest BCUT2D eigenvalue weighted by atomic mass is 16.5. The molecular weight excluding hydrogens is 394 g/mol. The number of hydrogen-bond acceptors (Lipinski definition) is 5. The fourth-order valence-electron chi connectivity index (χ4n) is 4.85. The number of aliphatic hydroxyl groups is 1. The van der Waals surface area contributed by atoms with Crippen molar-refractivity contribution in [3.8, 4) is 0 Å². The van der Waals surface area contributed by atoms with Crippen LogP contribution in [0.25, 0.3) is 11.0 Å². The zero-order valence-corrected chi connectivity index (χ0v) is 17.2. The lowest BCUT2D eigenvalue weighted by Crippen LogP contribution is -2.52. The maximum Gasteiger partial charge on any atom is 0.349 e. The highest BCUT2D eigenvalue weighted by molar-refractivity contribution is 5.96. The standard InChI is InChI=1S/C25H25NO5/c27-19-15-22(17-6-2-1-3-7-17)31-25(16-19)10-12-26(13-11-25)23(28)20-14-18-8-4-5-9-21(18)30-24(20)29/h1-9,14,19,22,27H,10-13,15-16H2/t19-,22-/m1/s1. The first-order valence-electron chi connectivity index (χ1n) is 10.8. The van der Waals surface area contributed by atoms with E-state index in [4.69, 9.17) is 9.15 Å². The number of rotatable bonds is 2. The number of nitrogens with zero attached hydrogens (tertiary/aromatic N) is 1. The number of carbonyl (C=O) groups excluding carboxylic acids is 1. The molecule has 3 heterocycles. The van der Waals surface area contributed by atoms with Gasteiger partial charge in [-0.1, -0.05) is 48.5 Å². The number of likely N-dealkylation sites (tertiary alicyclic amines) is 1. The van der Waals surface area contributed by atoms with Crippen molar-refractivity contribution < 1.29 is 19.1 Å². The van der Waals surface area contributed by atoms with Gasteiger partial charge in [0.05, 0.1) is 17.8 Å². The van der Waals surface area contributed by atoms with E-state index in [1.54, 1.807) is 23.1 Å². The largest absolute Gasteiger partial charge is 0.422 e. The van der Waals surface area contributed by atoms with E-state index in [1.165, 1.54) is 0 Å². The summed E-state index contributed by atoms with van der Waals surface area (Å²) in [5.41, 5.74) is 0.521. The monoisotopic (exact) mass is 419 g/mol. The van der Waals surface area contributed by atoms with Crippen molar-refractivity contribution in [2.75, 3.05) is 13.1 Å². The summed E-state index contributed by atoms with van der Waals surface area (Å²) in [6.07, 6.45) is 1.80. The summed E-state index contributed by atoms with van der Waals surface area (Å²) in [4.78, 5) is 27.1. The molecule has 0 aliphatic carbocycles. The summed E-state index contributed by atoms with van der Waals surface area (Å²) in [5.74, 6) is -0.315. The van der Waals surface area contributed by atoms with Gasteiger partial charge in [0, 0.05) is 31.3 Å². The van der Waals surface area contributed by atoms with Gasteiger partial charge in [0.25, 0.3) is 5.91 Å². The molecule has 6 heteroatoms. The molecule has 0 saturated carbocycles. The van der Waals surface area contributed by atoms with E-state index in [0.717, 1.165) is 10.9 Å². The second kappa shape index (κ2) is 7.94. The minimum absolute atomic E-state index is 0.0569. The van der Waals surface area contributed by atoms with Crippen molar-refractivity contribution in [2.24, 2.45) is 0 Å². The van der Waals surface area contributed by atoms with Gasteiger partial charge in [-0.15, -0.1) is 0 Å². The van der Waals surface area contributed by atoms with Crippen molar-refractivity contribution in [3.63, 3.8) is 0 Å². The maximum atomic E-state index is 13.1. The normalized spacial score (nSPS) is 23.2. The molecule has 1 aromatic heterocycles. The second-order valence-electron chi connectivity index (χ2n) is 8.57. The molecule has 0 radical (unpaired) electrons. The maximum absolute atomic E-state index is 13.1. The van der Waals surface area contributed by atoms with E-state index in [0.29, 0.717) is 44.4 Å². The Morgan fingerprint density at radius 3 is 2.52 bits per heavy atom. The van der Waals surface area contributed by atoms with Crippen molar-refractivity contribution in [2.45, 2.75) is 43.5 Å². The molecule has 1 N–H and O–H groups in total. The number of piperidine rings is 1. The molecule has 1 amide bonds. The summed E-state index contributed by atoms with van der Waals surface area (Å²) in [5, 5.41) is 11.3. The third-order valence-electron chi connectivity index (χ3n) is 6.49. The van der Waals surface area contributed by atoms with E-state index in [2.05, 4.69) is 0 Å². The van der Waals surface area contributed by atoms with Crippen molar-refractivity contribution >= 4 is 16.9 Å². The lowest BCUT2D eigenvalue weighted by Gasteiger charge is -2.48. The van der Waals surface area contributed by atoms with Crippen LogP contribution in [0.15, 0.2) is 69.9 Å². The molecule has 5 rings (SSSR count). The van der Waals surface area contributed by atoms with Crippen LogP contribution in [-0.2, 0) is 4.74 Å². The fourth-order valence-corrected chi connectivity index (χ4v) is 4.85. The Hall–Kier alpha value is -2.96. The fraction of sp³-hybridized carbons (Fsp3) is 0.360. The number of hydrogen-bond donors (Lipinski definition) is 1. The van der Waals surface area contributed by atoms with E-state index in [-0.39, 0.29) is 17.6 Å². The molecule has 31 heavy (non-hydrogen) atoms. The Morgan fingerprint density at radius 2 is 1.74 bits per heavy atom. The Morgan fingerprint density at radius 1 is 1.03 bits per heavy atom. The summed E-state index contributed by atoms with van der Waals surface area (Å²) < 4.78 is 11.8. The molecule has 2 aromatic carbocycles. The number of amides is 1. The van der Waals surface area contributed by atoms with Gasteiger partial charge >= 0.3 is 5.63 Å². The van der Waals surface area contributed by atoms with Gasteiger partial charge in [-0.25, -0.2) is 4.79 Å². The van der Waals surface area contributed by atoms with Crippen LogP contribution in [0.3, 0.4) is 0 Å². The van der Waals surface area contributed by atoms with Gasteiger partial charge in [0.2, 0.25) is 0 Å². The van der Waals surface area contributed by atoms with Gasteiger partial charge in [0.15, 0.2) is 0 Å². The van der Waals surface area contributed by atoms with E-state index >= 15 is 0 Å².